The van der Waals surface area contributed by atoms with Gasteiger partial charge in [-0.05, 0) is 54.0 Å². The molecule has 0 aliphatic carbocycles. The van der Waals surface area contributed by atoms with Gasteiger partial charge in [0, 0.05) is 5.56 Å². The number of hydrogen-bond donors (Lipinski definition) is 0. The lowest BCUT2D eigenvalue weighted by Gasteiger charge is -2.07. The third-order valence-electron chi connectivity index (χ3n) is 3.71. The van der Waals surface area contributed by atoms with Gasteiger partial charge < -0.3 is 9.47 Å². The number of carbonyl (C=O) groups excluding carboxylic acids is 2. The van der Waals surface area contributed by atoms with E-state index < -0.39 is 5.97 Å². The molecular weight excluding hydrogens is 349 g/mol. The van der Waals surface area contributed by atoms with E-state index in [9.17, 15) is 14.0 Å². The van der Waals surface area contributed by atoms with E-state index in [4.69, 9.17) is 9.47 Å². The van der Waals surface area contributed by atoms with E-state index >= 15 is 0 Å². The molecule has 1 aliphatic rings. The lowest BCUT2D eigenvalue weighted by atomic mass is 10.1. The van der Waals surface area contributed by atoms with Crippen LogP contribution >= 0.6 is 0 Å². The summed E-state index contributed by atoms with van der Waals surface area (Å²) >= 11 is 0. The first-order valence-corrected chi connectivity index (χ1v) is 8.48. The fraction of sp³-hybridized carbons (Fsp3) is 0.190. The highest BCUT2D eigenvalue weighted by molar-refractivity contribution is 6.12. The Bertz CT molecular complexity index is 912. The highest BCUT2D eigenvalue weighted by Gasteiger charge is 2.24. The molecule has 2 aromatic carbocycles. The van der Waals surface area contributed by atoms with E-state index in [0.29, 0.717) is 23.3 Å². The second-order valence-electron chi connectivity index (χ2n) is 6.46. The van der Waals surface area contributed by atoms with Crippen LogP contribution < -0.4 is 0 Å². The topological polar surface area (TPSA) is 65.0 Å². The molecule has 0 amide bonds. The van der Waals surface area contributed by atoms with Gasteiger partial charge >= 0.3 is 11.9 Å². The Balaban J connectivity index is 1.75. The van der Waals surface area contributed by atoms with E-state index in [0.717, 1.165) is 0 Å². The Morgan fingerprint density at radius 2 is 1.81 bits per heavy atom. The fourth-order valence-corrected chi connectivity index (χ4v) is 2.32. The van der Waals surface area contributed by atoms with E-state index in [1.165, 1.54) is 24.3 Å². The Labute approximate surface area is 156 Å². The molecule has 5 nitrogen and oxygen atoms in total. The summed E-state index contributed by atoms with van der Waals surface area (Å²) in [5.74, 6) is -0.972. The van der Waals surface area contributed by atoms with Gasteiger partial charge in [0.15, 0.2) is 5.70 Å². The van der Waals surface area contributed by atoms with Crippen LogP contribution in [0.15, 0.2) is 59.2 Å². The highest BCUT2D eigenvalue weighted by Crippen LogP contribution is 2.20. The van der Waals surface area contributed by atoms with Crippen LogP contribution in [0.3, 0.4) is 0 Å². The Kier molecular flexibility index (Phi) is 5.45. The smallest absolute Gasteiger partial charge is 0.363 e. The van der Waals surface area contributed by atoms with Gasteiger partial charge in [-0.15, -0.1) is 0 Å². The number of benzene rings is 2. The molecule has 0 spiro atoms. The Morgan fingerprint density at radius 1 is 1.15 bits per heavy atom. The second kappa shape index (κ2) is 7.95. The van der Waals surface area contributed by atoms with Gasteiger partial charge in [-0.25, -0.2) is 19.0 Å². The van der Waals surface area contributed by atoms with Crippen molar-refractivity contribution in [2.24, 2.45) is 10.9 Å². The van der Waals surface area contributed by atoms with Crippen LogP contribution in [-0.2, 0) is 14.3 Å². The standard InChI is InChI=1S/C21H18FNO4/c1-13(2)12-26-20(24)16-5-3-14(4-6-16)11-18-21(25)27-19(23-18)15-7-9-17(22)10-8-15/h3-11,13H,12H2,1-2H3/b18-11-. The minimum atomic E-state index is -0.588. The molecule has 0 unspecified atom stereocenters. The molecule has 1 heterocycles. The minimum Gasteiger partial charge on any atom is -0.462 e. The van der Waals surface area contributed by atoms with Gasteiger partial charge in [0.1, 0.15) is 5.82 Å². The SMILES string of the molecule is CC(C)COC(=O)c1ccc(/C=C2\N=C(c3ccc(F)cc3)OC2=O)cc1. The zero-order valence-corrected chi connectivity index (χ0v) is 14.9. The van der Waals surface area contributed by atoms with Gasteiger partial charge in [0.2, 0.25) is 5.90 Å². The summed E-state index contributed by atoms with van der Waals surface area (Å²) in [6.07, 6.45) is 1.56. The van der Waals surface area contributed by atoms with Crippen molar-refractivity contribution in [2.45, 2.75) is 13.8 Å². The van der Waals surface area contributed by atoms with Crippen molar-refractivity contribution in [2.75, 3.05) is 6.61 Å². The lowest BCUT2D eigenvalue weighted by Crippen LogP contribution is -2.10. The van der Waals surface area contributed by atoms with Crippen LogP contribution in [0.1, 0.15) is 35.3 Å². The van der Waals surface area contributed by atoms with Crippen LogP contribution in [0.2, 0.25) is 0 Å². The number of halogens is 1. The summed E-state index contributed by atoms with van der Waals surface area (Å²) in [6, 6.07) is 12.1. The van der Waals surface area contributed by atoms with Crippen molar-refractivity contribution in [3.05, 3.63) is 76.7 Å². The summed E-state index contributed by atoms with van der Waals surface area (Å²) in [6.45, 7) is 4.28. The first-order valence-electron chi connectivity index (χ1n) is 8.48. The molecular formula is C21H18FNO4. The maximum absolute atomic E-state index is 13.0. The molecule has 3 rings (SSSR count). The highest BCUT2D eigenvalue weighted by atomic mass is 19.1. The monoisotopic (exact) mass is 367 g/mol. The normalized spacial score (nSPS) is 15.0. The number of carbonyl (C=O) groups is 2. The molecule has 0 aromatic heterocycles. The second-order valence-corrected chi connectivity index (χ2v) is 6.46. The lowest BCUT2D eigenvalue weighted by molar-refractivity contribution is -0.129. The molecule has 0 saturated carbocycles. The maximum atomic E-state index is 13.0. The first kappa shape index (κ1) is 18.5. The molecule has 6 heteroatoms. The molecule has 2 aromatic rings. The van der Waals surface area contributed by atoms with Crippen LogP contribution in [0.25, 0.3) is 6.08 Å². The van der Waals surface area contributed by atoms with E-state index in [1.807, 2.05) is 13.8 Å². The average molecular weight is 367 g/mol. The number of aliphatic imine (C=N–C) groups is 1. The molecule has 138 valence electrons. The molecule has 0 fully saturated rings. The molecule has 0 saturated heterocycles. The summed E-state index contributed by atoms with van der Waals surface area (Å²) in [5.41, 5.74) is 1.76. The summed E-state index contributed by atoms with van der Waals surface area (Å²) in [4.78, 5) is 28.1. The van der Waals surface area contributed by atoms with Crippen molar-refractivity contribution < 1.29 is 23.5 Å². The summed E-state index contributed by atoms with van der Waals surface area (Å²) < 4.78 is 23.3. The van der Waals surface area contributed by atoms with Crippen LogP contribution in [0, 0.1) is 11.7 Å². The van der Waals surface area contributed by atoms with Crippen LogP contribution in [0.4, 0.5) is 4.39 Å². The van der Waals surface area contributed by atoms with E-state index in [-0.39, 0.29) is 29.3 Å². The van der Waals surface area contributed by atoms with Crippen molar-refractivity contribution in [1.82, 2.24) is 0 Å². The van der Waals surface area contributed by atoms with Crippen molar-refractivity contribution >= 4 is 23.9 Å². The minimum absolute atomic E-state index is 0.125. The van der Waals surface area contributed by atoms with Crippen LogP contribution in [0.5, 0.6) is 0 Å². The number of esters is 2. The molecule has 0 bridgehead atoms. The number of rotatable bonds is 5. The van der Waals surface area contributed by atoms with Gasteiger partial charge in [-0.2, -0.15) is 0 Å². The quantitative estimate of drug-likeness (QED) is 0.592. The van der Waals surface area contributed by atoms with E-state index in [2.05, 4.69) is 4.99 Å². The van der Waals surface area contributed by atoms with Gasteiger partial charge in [-0.1, -0.05) is 26.0 Å². The molecule has 0 N–H and O–H groups in total. The number of cyclic esters (lactones) is 1. The maximum Gasteiger partial charge on any atom is 0.363 e. The zero-order valence-electron chi connectivity index (χ0n) is 14.9. The Morgan fingerprint density at radius 3 is 2.44 bits per heavy atom. The third kappa shape index (κ3) is 4.67. The zero-order chi connectivity index (χ0) is 19.4. The predicted molar refractivity (Wildman–Crippen MR) is 98.6 cm³/mol. The largest absolute Gasteiger partial charge is 0.462 e. The van der Waals surface area contributed by atoms with Crippen molar-refractivity contribution in [1.29, 1.82) is 0 Å². The number of ether oxygens (including phenoxy) is 2. The van der Waals surface area contributed by atoms with Crippen molar-refractivity contribution in [3.8, 4) is 0 Å². The molecule has 27 heavy (non-hydrogen) atoms. The number of nitrogens with zero attached hydrogens (tertiary/aromatic N) is 1. The summed E-state index contributed by atoms with van der Waals surface area (Å²) in [5, 5.41) is 0. The predicted octanol–water partition coefficient (Wildman–Crippen LogP) is 3.98. The van der Waals surface area contributed by atoms with Gasteiger partial charge in [0.05, 0.1) is 12.2 Å². The van der Waals surface area contributed by atoms with Crippen molar-refractivity contribution in [3.63, 3.8) is 0 Å². The van der Waals surface area contributed by atoms with Gasteiger partial charge in [0.25, 0.3) is 0 Å². The van der Waals surface area contributed by atoms with Crippen LogP contribution in [-0.4, -0.2) is 24.4 Å². The molecule has 0 radical (unpaired) electrons. The third-order valence-corrected chi connectivity index (χ3v) is 3.71. The average Bonchev–Trinajstić information content (AvgIpc) is 3.01. The first-order chi connectivity index (χ1) is 12.9. The Hall–Kier alpha value is -3.28. The molecule has 1 aliphatic heterocycles. The fourth-order valence-electron chi connectivity index (χ4n) is 2.32. The van der Waals surface area contributed by atoms with E-state index in [1.54, 1.807) is 30.3 Å². The molecule has 0 atom stereocenters. The van der Waals surface area contributed by atoms with Gasteiger partial charge in [-0.3, -0.25) is 0 Å². The number of hydrogen-bond acceptors (Lipinski definition) is 5. The summed E-state index contributed by atoms with van der Waals surface area (Å²) in [7, 11) is 0.